The molecular formula is C17H11ClN2O. The number of rotatable bonds is 2. The number of pyridine rings is 1. The summed E-state index contributed by atoms with van der Waals surface area (Å²) >= 11 is 6.14. The van der Waals surface area contributed by atoms with E-state index in [4.69, 9.17) is 21.6 Å². The second-order valence-electron chi connectivity index (χ2n) is 4.64. The number of nitrogens with zero attached hydrogens (tertiary/aromatic N) is 2. The van der Waals surface area contributed by atoms with Crippen LogP contribution in [0, 0.1) is 18.3 Å². The van der Waals surface area contributed by atoms with Crippen LogP contribution in [0.5, 0.6) is 11.5 Å². The SMILES string of the molecule is Cc1ccc2cccc(Oc3ccc(C#N)cc3Cl)c2n1. The van der Waals surface area contributed by atoms with Crippen molar-refractivity contribution in [1.82, 2.24) is 4.98 Å². The summed E-state index contributed by atoms with van der Waals surface area (Å²) in [6, 6.07) is 16.7. The number of fused-ring (bicyclic) bond motifs is 1. The highest BCUT2D eigenvalue weighted by atomic mass is 35.5. The summed E-state index contributed by atoms with van der Waals surface area (Å²) in [7, 11) is 0. The highest BCUT2D eigenvalue weighted by molar-refractivity contribution is 6.32. The summed E-state index contributed by atoms with van der Waals surface area (Å²) in [5, 5.41) is 10.3. The highest BCUT2D eigenvalue weighted by Crippen LogP contribution is 2.33. The van der Waals surface area contributed by atoms with Gasteiger partial charge in [-0.25, -0.2) is 4.98 Å². The van der Waals surface area contributed by atoms with Gasteiger partial charge in [-0.15, -0.1) is 0 Å². The van der Waals surface area contributed by atoms with Crippen molar-refractivity contribution < 1.29 is 4.74 Å². The van der Waals surface area contributed by atoms with Crippen LogP contribution >= 0.6 is 11.6 Å². The maximum Gasteiger partial charge on any atom is 0.153 e. The molecule has 3 nitrogen and oxygen atoms in total. The Morgan fingerprint density at radius 1 is 1.10 bits per heavy atom. The molecule has 0 atom stereocenters. The first-order valence-electron chi connectivity index (χ1n) is 6.41. The van der Waals surface area contributed by atoms with E-state index >= 15 is 0 Å². The third kappa shape index (κ3) is 2.67. The molecule has 1 aromatic heterocycles. The summed E-state index contributed by atoms with van der Waals surface area (Å²) < 4.78 is 5.87. The Kier molecular flexibility index (Phi) is 3.47. The van der Waals surface area contributed by atoms with Crippen LogP contribution in [-0.4, -0.2) is 4.98 Å². The minimum absolute atomic E-state index is 0.402. The zero-order chi connectivity index (χ0) is 14.8. The lowest BCUT2D eigenvalue weighted by Gasteiger charge is -2.10. The Hall–Kier alpha value is -2.57. The summed E-state index contributed by atoms with van der Waals surface area (Å²) in [6.45, 7) is 1.94. The number of halogens is 1. The molecule has 0 aliphatic heterocycles. The van der Waals surface area contributed by atoms with Gasteiger partial charge in [0.25, 0.3) is 0 Å². The first-order valence-corrected chi connectivity index (χ1v) is 6.79. The quantitative estimate of drug-likeness (QED) is 0.678. The molecule has 1 heterocycles. The predicted molar refractivity (Wildman–Crippen MR) is 82.7 cm³/mol. The van der Waals surface area contributed by atoms with Crippen molar-refractivity contribution in [3.05, 3.63) is 64.8 Å². The smallest absolute Gasteiger partial charge is 0.153 e. The van der Waals surface area contributed by atoms with Gasteiger partial charge in [0.1, 0.15) is 11.3 Å². The second kappa shape index (κ2) is 5.43. The summed E-state index contributed by atoms with van der Waals surface area (Å²) in [5.74, 6) is 1.15. The molecule has 0 N–H and O–H groups in total. The molecule has 2 aromatic carbocycles. The lowest BCUT2D eigenvalue weighted by molar-refractivity contribution is 0.487. The molecule has 0 bridgehead atoms. The van der Waals surface area contributed by atoms with Gasteiger partial charge < -0.3 is 4.74 Å². The van der Waals surface area contributed by atoms with Crippen LogP contribution in [0.1, 0.15) is 11.3 Å². The molecule has 3 rings (SSSR count). The monoisotopic (exact) mass is 294 g/mol. The number of ether oxygens (including phenoxy) is 1. The Bertz CT molecular complexity index is 868. The number of nitriles is 1. The van der Waals surface area contributed by atoms with Gasteiger partial charge in [0.05, 0.1) is 16.7 Å². The van der Waals surface area contributed by atoms with Crippen molar-refractivity contribution in [2.45, 2.75) is 6.92 Å². The van der Waals surface area contributed by atoms with E-state index in [1.807, 2.05) is 43.3 Å². The van der Waals surface area contributed by atoms with Crippen LogP contribution in [0.3, 0.4) is 0 Å². The van der Waals surface area contributed by atoms with Crippen molar-refractivity contribution in [1.29, 1.82) is 5.26 Å². The van der Waals surface area contributed by atoms with E-state index < -0.39 is 0 Å². The Morgan fingerprint density at radius 3 is 2.71 bits per heavy atom. The molecule has 0 aliphatic carbocycles. The van der Waals surface area contributed by atoms with Crippen molar-refractivity contribution >= 4 is 22.5 Å². The van der Waals surface area contributed by atoms with Gasteiger partial charge in [0.15, 0.2) is 5.75 Å². The summed E-state index contributed by atoms with van der Waals surface area (Å²) in [5.41, 5.74) is 2.21. The van der Waals surface area contributed by atoms with E-state index in [-0.39, 0.29) is 0 Å². The Morgan fingerprint density at radius 2 is 1.95 bits per heavy atom. The molecule has 0 radical (unpaired) electrons. The number of hydrogen-bond donors (Lipinski definition) is 0. The van der Waals surface area contributed by atoms with E-state index in [0.29, 0.717) is 22.1 Å². The average molecular weight is 295 g/mol. The first kappa shape index (κ1) is 13.4. The fraction of sp³-hybridized carbons (Fsp3) is 0.0588. The lowest BCUT2D eigenvalue weighted by Crippen LogP contribution is -1.90. The number of para-hydroxylation sites is 1. The third-order valence-corrected chi connectivity index (χ3v) is 3.40. The first-order chi connectivity index (χ1) is 10.2. The zero-order valence-corrected chi connectivity index (χ0v) is 12.1. The van der Waals surface area contributed by atoms with Gasteiger partial charge >= 0.3 is 0 Å². The zero-order valence-electron chi connectivity index (χ0n) is 11.3. The van der Waals surface area contributed by atoms with Crippen molar-refractivity contribution in [3.63, 3.8) is 0 Å². The Balaban J connectivity index is 2.06. The van der Waals surface area contributed by atoms with Crippen molar-refractivity contribution in [3.8, 4) is 17.6 Å². The summed E-state index contributed by atoms with van der Waals surface area (Å²) in [4.78, 5) is 4.51. The minimum atomic E-state index is 0.402. The van der Waals surface area contributed by atoms with Gasteiger partial charge in [0.2, 0.25) is 0 Å². The van der Waals surface area contributed by atoms with E-state index in [1.54, 1.807) is 18.2 Å². The van der Waals surface area contributed by atoms with Gasteiger partial charge in [-0.2, -0.15) is 5.26 Å². The number of aryl methyl sites for hydroxylation is 1. The molecule has 0 fully saturated rings. The van der Waals surface area contributed by atoms with Gasteiger partial charge in [-0.3, -0.25) is 0 Å². The van der Waals surface area contributed by atoms with Crippen molar-refractivity contribution in [2.75, 3.05) is 0 Å². The van der Waals surface area contributed by atoms with Crippen molar-refractivity contribution in [2.24, 2.45) is 0 Å². The van der Waals surface area contributed by atoms with E-state index in [2.05, 4.69) is 4.98 Å². The van der Waals surface area contributed by atoms with E-state index in [1.165, 1.54) is 0 Å². The molecule has 0 saturated heterocycles. The topological polar surface area (TPSA) is 45.9 Å². The summed E-state index contributed by atoms with van der Waals surface area (Å²) in [6.07, 6.45) is 0. The minimum Gasteiger partial charge on any atom is -0.454 e. The van der Waals surface area contributed by atoms with Gasteiger partial charge in [-0.05, 0) is 37.3 Å². The van der Waals surface area contributed by atoms with Crippen LogP contribution in [0.2, 0.25) is 5.02 Å². The van der Waals surface area contributed by atoms with E-state index in [0.717, 1.165) is 16.6 Å². The second-order valence-corrected chi connectivity index (χ2v) is 5.05. The average Bonchev–Trinajstić information content (AvgIpc) is 2.49. The predicted octanol–water partition coefficient (Wildman–Crippen LogP) is 4.86. The number of hydrogen-bond acceptors (Lipinski definition) is 3. The third-order valence-electron chi connectivity index (χ3n) is 3.10. The van der Waals surface area contributed by atoms with E-state index in [9.17, 15) is 0 Å². The highest BCUT2D eigenvalue weighted by Gasteiger charge is 2.08. The number of aromatic nitrogens is 1. The molecule has 102 valence electrons. The fourth-order valence-electron chi connectivity index (χ4n) is 2.07. The molecule has 0 spiro atoms. The molecule has 0 unspecified atom stereocenters. The van der Waals surface area contributed by atoms with Crippen LogP contribution < -0.4 is 4.74 Å². The largest absolute Gasteiger partial charge is 0.454 e. The fourth-order valence-corrected chi connectivity index (χ4v) is 2.29. The van der Waals surface area contributed by atoms with Crippen LogP contribution in [-0.2, 0) is 0 Å². The van der Waals surface area contributed by atoms with Crippen LogP contribution in [0.15, 0.2) is 48.5 Å². The lowest BCUT2D eigenvalue weighted by atomic mass is 10.2. The molecule has 0 saturated carbocycles. The van der Waals surface area contributed by atoms with Crippen LogP contribution in [0.25, 0.3) is 10.9 Å². The molecule has 21 heavy (non-hydrogen) atoms. The molecule has 0 amide bonds. The number of benzene rings is 2. The maximum atomic E-state index is 8.86. The maximum absolute atomic E-state index is 8.86. The standard InChI is InChI=1S/C17H11ClN2O/c1-11-5-7-13-3-2-4-16(17(13)20-11)21-15-8-6-12(10-19)9-14(15)18/h2-9H,1H3. The molecule has 3 aromatic rings. The Labute approximate surface area is 127 Å². The molecule has 0 aliphatic rings. The molecular weight excluding hydrogens is 284 g/mol. The normalized spacial score (nSPS) is 10.3. The van der Waals surface area contributed by atoms with Gasteiger partial charge in [0, 0.05) is 11.1 Å². The van der Waals surface area contributed by atoms with Crippen LogP contribution in [0.4, 0.5) is 0 Å². The van der Waals surface area contributed by atoms with Gasteiger partial charge in [-0.1, -0.05) is 29.8 Å². The molecule has 4 heteroatoms.